The number of hydrogen-bond donors (Lipinski definition) is 0. The summed E-state index contributed by atoms with van der Waals surface area (Å²) < 4.78 is 1.06. The quantitative estimate of drug-likeness (QED) is 0.549. The van der Waals surface area contributed by atoms with Gasteiger partial charge in [-0.15, -0.1) is 0 Å². The van der Waals surface area contributed by atoms with Crippen molar-refractivity contribution in [2.45, 2.75) is 0 Å². The van der Waals surface area contributed by atoms with E-state index in [2.05, 4.69) is 38.4 Å². The van der Waals surface area contributed by atoms with Crippen LogP contribution in [0.5, 0.6) is 0 Å². The van der Waals surface area contributed by atoms with Crippen LogP contribution in [0.25, 0.3) is 5.70 Å². The van der Waals surface area contributed by atoms with Gasteiger partial charge in [0.25, 0.3) is 0 Å². The van der Waals surface area contributed by atoms with Gasteiger partial charge in [0.05, 0.1) is 10.7 Å². The van der Waals surface area contributed by atoms with Gasteiger partial charge in [-0.2, -0.15) is 0 Å². The van der Waals surface area contributed by atoms with Gasteiger partial charge in [0.2, 0.25) is 0 Å². The van der Waals surface area contributed by atoms with E-state index in [4.69, 9.17) is 0 Å². The Bertz CT molecular complexity index is 750. The molecule has 0 bridgehead atoms. The molecule has 3 rings (SSSR count). The number of allylic oxidation sites excluding steroid dienone is 1. The highest BCUT2D eigenvalue weighted by molar-refractivity contribution is 9.10. The molecule has 4 heteroatoms. The zero-order valence-electron chi connectivity index (χ0n) is 12.0. The maximum Gasteiger partial charge on any atom is 0.188 e. The van der Waals surface area contributed by atoms with Crippen molar-refractivity contribution in [1.82, 2.24) is 4.90 Å². The molecule has 2 nitrogen and oxygen atoms in total. The number of thioether (sulfide) groups is 1. The van der Waals surface area contributed by atoms with Gasteiger partial charge in [-0.3, -0.25) is 4.79 Å². The van der Waals surface area contributed by atoms with Crippen molar-refractivity contribution in [2.75, 3.05) is 7.05 Å². The third kappa shape index (κ3) is 3.18. The summed E-state index contributed by atoms with van der Waals surface area (Å²) in [5, 5.41) is 3.01. The van der Waals surface area contributed by atoms with E-state index in [1.165, 1.54) is 0 Å². The largest absolute Gasteiger partial charge is 0.338 e. The molecule has 0 fully saturated rings. The van der Waals surface area contributed by atoms with E-state index in [0.29, 0.717) is 5.56 Å². The van der Waals surface area contributed by atoms with Gasteiger partial charge in [-0.1, -0.05) is 70.2 Å². The third-order valence-corrected chi connectivity index (χ3v) is 4.94. The number of benzene rings is 2. The van der Waals surface area contributed by atoms with Crippen LogP contribution in [-0.4, -0.2) is 17.7 Å². The maximum absolute atomic E-state index is 12.3. The molecule has 0 aliphatic carbocycles. The summed E-state index contributed by atoms with van der Waals surface area (Å²) in [5.74, 6) is 0.0282. The average Bonchev–Trinajstić information content (AvgIpc) is 2.90. The molecule has 2 aromatic rings. The third-order valence-electron chi connectivity index (χ3n) is 3.44. The van der Waals surface area contributed by atoms with E-state index in [1.807, 2.05) is 49.5 Å². The van der Waals surface area contributed by atoms with Crippen LogP contribution in [-0.2, 0) is 0 Å². The highest BCUT2D eigenvalue weighted by Crippen LogP contribution is 2.38. The molecule has 0 aromatic heterocycles. The highest BCUT2D eigenvalue weighted by atomic mass is 79.9. The van der Waals surface area contributed by atoms with Gasteiger partial charge in [0.1, 0.15) is 0 Å². The molecule has 0 atom stereocenters. The first kappa shape index (κ1) is 15.1. The van der Waals surface area contributed by atoms with E-state index in [-0.39, 0.29) is 5.78 Å². The second-order valence-corrected chi connectivity index (χ2v) is 6.71. The minimum Gasteiger partial charge on any atom is -0.338 e. The van der Waals surface area contributed by atoms with Crippen molar-refractivity contribution in [3.63, 3.8) is 0 Å². The number of hydrogen-bond acceptors (Lipinski definition) is 3. The minimum atomic E-state index is 0.0282. The fourth-order valence-electron chi connectivity index (χ4n) is 2.20. The molecule has 0 N–H and O–H groups in total. The fraction of sp³-hybridized carbons (Fsp3) is 0.0556. The number of ketones is 1. The Morgan fingerprint density at radius 2 is 1.77 bits per heavy atom. The van der Waals surface area contributed by atoms with Crippen LogP contribution in [0, 0.1) is 0 Å². The van der Waals surface area contributed by atoms with Crippen LogP contribution in [0.2, 0.25) is 0 Å². The number of carbonyl (C=O) groups is 1. The van der Waals surface area contributed by atoms with Crippen LogP contribution in [0.4, 0.5) is 0 Å². The summed E-state index contributed by atoms with van der Waals surface area (Å²) in [7, 11) is 1.98. The monoisotopic (exact) mass is 371 g/mol. The second kappa shape index (κ2) is 6.55. The lowest BCUT2D eigenvalue weighted by atomic mass is 10.1. The molecular formula is C18H14BrNOS. The number of nitrogens with zero attached hydrogens (tertiary/aromatic N) is 1. The van der Waals surface area contributed by atoms with Crippen molar-refractivity contribution < 1.29 is 4.79 Å². The first-order chi connectivity index (χ1) is 10.6. The molecule has 110 valence electrons. The maximum atomic E-state index is 12.3. The van der Waals surface area contributed by atoms with Gasteiger partial charge >= 0.3 is 0 Å². The lowest BCUT2D eigenvalue weighted by Crippen LogP contribution is -2.11. The van der Waals surface area contributed by atoms with Crippen molar-refractivity contribution in [3.8, 4) is 0 Å². The van der Waals surface area contributed by atoms with Crippen LogP contribution < -0.4 is 0 Å². The predicted molar refractivity (Wildman–Crippen MR) is 96.3 cm³/mol. The first-order valence-electron chi connectivity index (χ1n) is 6.83. The zero-order chi connectivity index (χ0) is 15.5. The Morgan fingerprint density at radius 1 is 1.09 bits per heavy atom. The van der Waals surface area contributed by atoms with Crippen molar-refractivity contribution in [3.05, 3.63) is 86.7 Å². The molecule has 2 aromatic carbocycles. The molecule has 0 amide bonds. The SMILES string of the molecule is CN1C(c2ccc(Br)cc2)=CS/C1=C\C(=O)c1ccccc1. The number of halogens is 1. The Labute approximate surface area is 142 Å². The van der Waals surface area contributed by atoms with E-state index in [0.717, 1.165) is 20.8 Å². The Morgan fingerprint density at radius 3 is 2.45 bits per heavy atom. The summed E-state index contributed by atoms with van der Waals surface area (Å²) in [4.78, 5) is 14.3. The molecule has 1 aliphatic heterocycles. The summed E-state index contributed by atoms with van der Waals surface area (Å²) >= 11 is 5.02. The van der Waals surface area contributed by atoms with Crippen LogP contribution in [0.15, 0.2) is 75.6 Å². The topological polar surface area (TPSA) is 20.3 Å². The lowest BCUT2D eigenvalue weighted by molar-refractivity contribution is 0.104. The van der Waals surface area contributed by atoms with E-state index < -0.39 is 0 Å². The summed E-state index contributed by atoms with van der Waals surface area (Å²) in [6.07, 6.45) is 1.70. The highest BCUT2D eigenvalue weighted by Gasteiger charge is 2.20. The molecule has 0 unspecified atom stereocenters. The first-order valence-corrected chi connectivity index (χ1v) is 8.50. The van der Waals surface area contributed by atoms with Gasteiger partial charge in [0, 0.05) is 28.6 Å². The number of rotatable bonds is 3. The van der Waals surface area contributed by atoms with E-state index >= 15 is 0 Å². The van der Waals surface area contributed by atoms with Crippen molar-refractivity contribution in [1.29, 1.82) is 0 Å². The lowest BCUT2D eigenvalue weighted by Gasteiger charge is -2.17. The Hall–Kier alpha value is -1.78. The molecular weight excluding hydrogens is 358 g/mol. The fourth-order valence-corrected chi connectivity index (χ4v) is 3.43. The Balaban J connectivity index is 1.80. The van der Waals surface area contributed by atoms with Crippen molar-refractivity contribution >= 4 is 39.2 Å². The summed E-state index contributed by atoms with van der Waals surface area (Å²) in [5.41, 5.74) is 2.94. The molecule has 22 heavy (non-hydrogen) atoms. The van der Waals surface area contributed by atoms with Gasteiger partial charge in [0.15, 0.2) is 5.78 Å². The minimum absolute atomic E-state index is 0.0282. The van der Waals surface area contributed by atoms with Crippen molar-refractivity contribution in [2.24, 2.45) is 0 Å². The summed E-state index contributed by atoms with van der Waals surface area (Å²) in [6.45, 7) is 0. The smallest absolute Gasteiger partial charge is 0.188 e. The standard InChI is InChI=1S/C18H14BrNOS/c1-20-16(13-7-9-15(19)10-8-13)12-22-18(20)11-17(21)14-5-3-2-4-6-14/h2-12H,1H3/b18-11-. The van der Waals surface area contributed by atoms with E-state index in [1.54, 1.807) is 17.8 Å². The van der Waals surface area contributed by atoms with Gasteiger partial charge in [-0.25, -0.2) is 0 Å². The normalized spacial score (nSPS) is 16.0. The molecule has 0 saturated carbocycles. The van der Waals surface area contributed by atoms with Crippen LogP contribution in [0.3, 0.4) is 0 Å². The van der Waals surface area contributed by atoms with E-state index in [9.17, 15) is 4.79 Å². The van der Waals surface area contributed by atoms with Gasteiger partial charge in [-0.05, 0) is 17.7 Å². The molecule has 0 saturated heterocycles. The molecule has 1 aliphatic rings. The summed E-state index contributed by atoms with van der Waals surface area (Å²) in [6, 6.07) is 17.5. The zero-order valence-corrected chi connectivity index (χ0v) is 14.4. The molecule has 0 spiro atoms. The Kier molecular flexibility index (Phi) is 4.50. The van der Waals surface area contributed by atoms with Crippen LogP contribution >= 0.6 is 27.7 Å². The van der Waals surface area contributed by atoms with Crippen LogP contribution in [0.1, 0.15) is 15.9 Å². The van der Waals surface area contributed by atoms with Gasteiger partial charge < -0.3 is 4.90 Å². The average molecular weight is 372 g/mol. The molecule has 1 heterocycles. The number of carbonyl (C=O) groups excluding carboxylic acids is 1. The molecule has 0 radical (unpaired) electrons. The second-order valence-electron chi connectivity index (χ2n) is 4.90. The predicted octanol–water partition coefficient (Wildman–Crippen LogP) is 5.15.